The smallest absolute Gasteiger partial charge is 0.0249 e. The Morgan fingerprint density at radius 1 is 1.00 bits per heavy atom. The van der Waals surface area contributed by atoms with Crippen molar-refractivity contribution in [2.24, 2.45) is 23.0 Å². The minimum absolute atomic E-state index is 0.387. The summed E-state index contributed by atoms with van der Waals surface area (Å²) in [5.74, 6) is 1.81. The van der Waals surface area contributed by atoms with Gasteiger partial charge in [0.15, 0.2) is 0 Å². The van der Waals surface area contributed by atoms with Crippen LogP contribution in [0, 0.1) is 17.3 Å². The van der Waals surface area contributed by atoms with E-state index in [9.17, 15) is 0 Å². The van der Waals surface area contributed by atoms with E-state index in [-0.39, 0.29) is 0 Å². The van der Waals surface area contributed by atoms with Gasteiger partial charge in [-0.15, -0.1) is 0 Å². The van der Waals surface area contributed by atoms with Crippen molar-refractivity contribution in [3.63, 3.8) is 0 Å². The van der Waals surface area contributed by atoms with E-state index in [1.165, 1.54) is 51.4 Å². The predicted molar refractivity (Wildman–Crippen MR) is 92.4 cm³/mol. The van der Waals surface area contributed by atoms with E-state index < -0.39 is 0 Å². The third-order valence-corrected chi connectivity index (χ3v) is 6.59. The number of hydrogen-bond acceptors (Lipinski definition) is 2. The van der Waals surface area contributed by atoms with Crippen LogP contribution in [0.3, 0.4) is 0 Å². The number of nitrogens with two attached hydrogens (primary N) is 1. The first-order valence-corrected chi connectivity index (χ1v) is 9.30. The predicted octanol–water partition coefficient (Wildman–Crippen LogP) is 4.43. The molecule has 0 heterocycles. The Hall–Kier alpha value is -0.0800. The molecule has 0 aromatic rings. The molecule has 2 nitrogen and oxygen atoms in total. The van der Waals surface area contributed by atoms with Crippen LogP contribution < -0.4 is 5.73 Å². The molecule has 0 aliphatic heterocycles. The normalized spacial score (nSPS) is 38.7. The first kappa shape index (κ1) is 17.3. The molecule has 3 unspecified atom stereocenters. The molecule has 2 rings (SSSR count). The molecule has 0 radical (unpaired) electrons. The van der Waals surface area contributed by atoms with Gasteiger partial charge in [0.1, 0.15) is 0 Å². The topological polar surface area (TPSA) is 29.3 Å². The third-order valence-electron chi connectivity index (χ3n) is 6.59. The van der Waals surface area contributed by atoms with Crippen molar-refractivity contribution in [2.45, 2.75) is 97.2 Å². The Bertz CT molecular complexity index is 312. The largest absolute Gasteiger partial charge is 0.326 e. The molecule has 2 aliphatic carbocycles. The summed E-state index contributed by atoms with van der Waals surface area (Å²) in [6.07, 6.45) is 10.8. The molecule has 2 fully saturated rings. The molecule has 0 aromatic heterocycles. The lowest BCUT2D eigenvalue weighted by Gasteiger charge is -2.47. The number of likely N-dealkylation sites (N-methyl/N-ethyl adjacent to an activating group) is 1. The van der Waals surface area contributed by atoms with Gasteiger partial charge in [-0.2, -0.15) is 0 Å². The minimum Gasteiger partial charge on any atom is -0.326 e. The lowest BCUT2D eigenvalue weighted by molar-refractivity contribution is 0.0434. The van der Waals surface area contributed by atoms with Crippen LogP contribution in [0.2, 0.25) is 0 Å². The first-order valence-electron chi connectivity index (χ1n) is 9.30. The van der Waals surface area contributed by atoms with Gasteiger partial charge in [-0.05, 0) is 69.2 Å². The highest BCUT2D eigenvalue weighted by Crippen LogP contribution is 2.40. The van der Waals surface area contributed by atoms with E-state index in [4.69, 9.17) is 5.73 Å². The average Bonchev–Trinajstić information content (AvgIpc) is 2.46. The summed E-state index contributed by atoms with van der Waals surface area (Å²) in [5.41, 5.74) is 6.93. The van der Waals surface area contributed by atoms with E-state index >= 15 is 0 Å². The molecule has 0 saturated heterocycles. The molecule has 124 valence electrons. The molecular weight excluding hydrogens is 256 g/mol. The molecule has 2 N–H and O–H groups in total. The van der Waals surface area contributed by atoms with Crippen LogP contribution >= 0.6 is 0 Å². The van der Waals surface area contributed by atoms with Crippen LogP contribution in [0.15, 0.2) is 0 Å². The Labute approximate surface area is 132 Å². The van der Waals surface area contributed by atoms with E-state index in [1.54, 1.807) is 0 Å². The van der Waals surface area contributed by atoms with E-state index in [1.807, 2.05) is 0 Å². The van der Waals surface area contributed by atoms with Crippen LogP contribution in [0.1, 0.15) is 79.1 Å². The molecule has 3 atom stereocenters. The van der Waals surface area contributed by atoms with Crippen LogP contribution in [0.25, 0.3) is 0 Å². The summed E-state index contributed by atoms with van der Waals surface area (Å²) in [7, 11) is 2.35. The third kappa shape index (κ3) is 4.22. The second-order valence-corrected chi connectivity index (χ2v) is 8.86. The van der Waals surface area contributed by atoms with Gasteiger partial charge in [0.25, 0.3) is 0 Å². The Kier molecular flexibility index (Phi) is 5.76. The van der Waals surface area contributed by atoms with Gasteiger partial charge in [-0.3, -0.25) is 4.90 Å². The summed E-state index contributed by atoms with van der Waals surface area (Å²) in [6, 6.07) is 1.77. The molecule has 0 bridgehead atoms. The SMILES string of the molecule is CCC1CCC(N(C)C2CC(C(C)(C)C)CCC2N)CC1. The summed E-state index contributed by atoms with van der Waals surface area (Å²) < 4.78 is 0. The number of nitrogens with zero attached hydrogens (tertiary/aromatic N) is 1. The van der Waals surface area contributed by atoms with Crippen molar-refractivity contribution in [1.82, 2.24) is 4.90 Å². The van der Waals surface area contributed by atoms with E-state index in [0.717, 1.165) is 17.9 Å². The Balaban J connectivity index is 1.95. The maximum absolute atomic E-state index is 6.50. The fraction of sp³-hybridized carbons (Fsp3) is 1.00. The summed E-state index contributed by atoms with van der Waals surface area (Å²) >= 11 is 0. The maximum atomic E-state index is 6.50. The Morgan fingerprint density at radius 2 is 1.62 bits per heavy atom. The highest BCUT2D eigenvalue weighted by molar-refractivity contribution is 4.94. The summed E-state index contributed by atoms with van der Waals surface area (Å²) in [4.78, 5) is 2.68. The van der Waals surface area contributed by atoms with Crippen LogP contribution in [0.4, 0.5) is 0 Å². The molecular formula is C19H38N2. The van der Waals surface area contributed by atoms with Gasteiger partial charge in [0, 0.05) is 18.1 Å². The lowest BCUT2D eigenvalue weighted by atomic mass is 9.69. The standard InChI is InChI=1S/C19H38N2/c1-6-14-7-10-16(11-8-14)21(5)18-13-15(19(2,3)4)9-12-17(18)20/h14-18H,6-13,20H2,1-5H3. The van der Waals surface area contributed by atoms with Crippen molar-refractivity contribution in [2.75, 3.05) is 7.05 Å². The fourth-order valence-corrected chi connectivity index (χ4v) is 4.66. The second-order valence-electron chi connectivity index (χ2n) is 8.86. The molecule has 2 aliphatic rings. The second kappa shape index (κ2) is 7.00. The van der Waals surface area contributed by atoms with Crippen LogP contribution in [-0.2, 0) is 0 Å². The maximum Gasteiger partial charge on any atom is 0.0249 e. The highest BCUT2D eigenvalue weighted by atomic mass is 15.2. The van der Waals surface area contributed by atoms with Gasteiger partial charge >= 0.3 is 0 Å². The zero-order valence-corrected chi connectivity index (χ0v) is 15.1. The fourth-order valence-electron chi connectivity index (χ4n) is 4.66. The molecule has 2 saturated carbocycles. The van der Waals surface area contributed by atoms with Crippen molar-refractivity contribution >= 4 is 0 Å². The Morgan fingerprint density at radius 3 is 2.14 bits per heavy atom. The van der Waals surface area contributed by atoms with Gasteiger partial charge < -0.3 is 5.73 Å². The van der Waals surface area contributed by atoms with Crippen molar-refractivity contribution in [3.05, 3.63) is 0 Å². The van der Waals surface area contributed by atoms with Gasteiger partial charge in [-0.1, -0.05) is 34.1 Å². The van der Waals surface area contributed by atoms with Gasteiger partial charge in [0.2, 0.25) is 0 Å². The van der Waals surface area contributed by atoms with Gasteiger partial charge in [0.05, 0.1) is 0 Å². The van der Waals surface area contributed by atoms with Crippen LogP contribution in [0.5, 0.6) is 0 Å². The molecule has 21 heavy (non-hydrogen) atoms. The quantitative estimate of drug-likeness (QED) is 0.834. The van der Waals surface area contributed by atoms with Crippen molar-refractivity contribution in [1.29, 1.82) is 0 Å². The first-order chi connectivity index (χ1) is 9.82. The zero-order valence-electron chi connectivity index (χ0n) is 15.1. The number of rotatable bonds is 3. The summed E-state index contributed by atoms with van der Waals surface area (Å²) in [6.45, 7) is 9.55. The molecule has 2 heteroatoms. The monoisotopic (exact) mass is 294 g/mol. The molecule has 0 aromatic carbocycles. The van der Waals surface area contributed by atoms with E-state index in [2.05, 4.69) is 39.6 Å². The lowest BCUT2D eigenvalue weighted by Crippen LogP contribution is -2.54. The zero-order chi connectivity index (χ0) is 15.6. The molecule has 0 spiro atoms. The van der Waals surface area contributed by atoms with Crippen LogP contribution in [-0.4, -0.2) is 30.1 Å². The van der Waals surface area contributed by atoms with E-state index in [0.29, 0.717) is 17.5 Å². The minimum atomic E-state index is 0.387. The molecule has 0 amide bonds. The highest BCUT2D eigenvalue weighted by Gasteiger charge is 2.38. The average molecular weight is 295 g/mol. The summed E-state index contributed by atoms with van der Waals surface area (Å²) in [5, 5.41) is 0. The van der Waals surface area contributed by atoms with Crippen molar-refractivity contribution < 1.29 is 0 Å². The number of hydrogen-bond donors (Lipinski definition) is 1. The van der Waals surface area contributed by atoms with Gasteiger partial charge in [-0.25, -0.2) is 0 Å². The van der Waals surface area contributed by atoms with Crippen molar-refractivity contribution in [3.8, 4) is 0 Å².